The quantitative estimate of drug-likeness (QED) is 0.920. The number of nitrogens with zero attached hydrogens (tertiary/aromatic N) is 2. The van der Waals surface area contributed by atoms with E-state index < -0.39 is 0 Å². The summed E-state index contributed by atoms with van der Waals surface area (Å²) in [4.78, 5) is 0. The second-order valence-electron chi connectivity index (χ2n) is 4.45. The SMILES string of the molecule is Cc1ccc(C(C)C)cc1Oc1nnc(CN)s1. The first-order valence-corrected chi connectivity index (χ1v) is 6.72. The lowest BCUT2D eigenvalue weighted by Gasteiger charge is -2.10. The molecule has 18 heavy (non-hydrogen) atoms. The van der Waals surface area contributed by atoms with Crippen LogP contribution in [-0.4, -0.2) is 10.2 Å². The Bertz CT molecular complexity index is 537. The van der Waals surface area contributed by atoms with E-state index in [2.05, 4.69) is 42.2 Å². The van der Waals surface area contributed by atoms with Crippen molar-refractivity contribution in [2.24, 2.45) is 5.73 Å². The van der Waals surface area contributed by atoms with E-state index in [1.165, 1.54) is 16.9 Å². The summed E-state index contributed by atoms with van der Waals surface area (Å²) in [5, 5.41) is 9.22. The lowest BCUT2D eigenvalue weighted by atomic mass is 10.0. The Morgan fingerprint density at radius 1 is 1.33 bits per heavy atom. The minimum atomic E-state index is 0.395. The minimum Gasteiger partial charge on any atom is -0.430 e. The molecule has 4 nitrogen and oxygen atoms in total. The highest BCUT2D eigenvalue weighted by Crippen LogP contribution is 2.30. The van der Waals surface area contributed by atoms with Crippen molar-refractivity contribution in [2.75, 3.05) is 0 Å². The number of rotatable bonds is 4. The molecule has 0 atom stereocenters. The van der Waals surface area contributed by atoms with Crippen LogP contribution in [0, 0.1) is 6.92 Å². The van der Waals surface area contributed by atoms with E-state index in [0.717, 1.165) is 16.3 Å². The summed E-state index contributed by atoms with van der Waals surface area (Å²) in [5.74, 6) is 1.31. The smallest absolute Gasteiger partial charge is 0.299 e. The average Bonchev–Trinajstić information content (AvgIpc) is 2.79. The maximum atomic E-state index is 5.77. The van der Waals surface area contributed by atoms with Crippen LogP contribution < -0.4 is 10.5 Å². The zero-order valence-electron chi connectivity index (χ0n) is 10.8. The van der Waals surface area contributed by atoms with Gasteiger partial charge in [-0.2, -0.15) is 0 Å². The number of aromatic nitrogens is 2. The number of hydrogen-bond acceptors (Lipinski definition) is 5. The number of aryl methyl sites for hydroxylation is 1. The van der Waals surface area contributed by atoms with Gasteiger partial charge in [-0.25, -0.2) is 0 Å². The van der Waals surface area contributed by atoms with Crippen molar-refractivity contribution in [3.05, 3.63) is 34.3 Å². The van der Waals surface area contributed by atoms with Gasteiger partial charge in [0.25, 0.3) is 5.19 Å². The van der Waals surface area contributed by atoms with Gasteiger partial charge >= 0.3 is 0 Å². The Morgan fingerprint density at radius 3 is 2.72 bits per heavy atom. The molecule has 0 spiro atoms. The third kappa shape index (κ3) is 2.86. The molecule has 0 aliphatic carbocycles. The molecule has 1 aromatic heterocycles. The molecule has 0 saturated carbocycles. The number of benzene rings is 1. The number of hydrogen-bond donors (Lipinski definition) is 1. The van der Waals surface area contributed by atoms with Gasteiger partial charge in [0.1, 0.15) is 10.8 Å². The highest BCUT2D eigenvalue weighted by atomic mass is 32.1. The van der Waals surface area contributed by atoms with Crippen LogP contribution in [0.2, 0.25) is 0 Å². The van der Waals surface area contributed by atoms with Gasteiger partial charge in [-0.1, -0.05) is 42.4 Å². The Morgan fingerprint density at radius 2 is 2.11 bits per heavy atom. The highest BCUT2D eigenvalue weighted by molar-refractivity contribution is 7.13. The molecule has 5 heteroatoms. The maximum absolute atomic E-state index is 5.77. The fraction of sp³-hybridized carbons (Fsp3) is 0.385. The van der Waals surface area contributed by atoms with Crippen LogP contribution in [0.5, 0.6) is 10.9 Å². The van der Waals surface area contributed by atoms with E-state index in [0.29, 0.717) is 17.7 Å². The second kappa shape index (κ2) is 5.46. The van der Waals surface area contributed by atoms with Crippen molar-refractivity contribution in [3.63, 3.8) is 0 Å². The van der Waals surface area contributed by atoms with Gasteiger partial charge in [0.15, 0.2) is 0 Å². The second-order valence-corrected chi connectivity index (χ2v) is 5.47. The molecule has 0 fully saturated rings. The molecule has 2 N–H and O–H groups in total. The third-order valence-corrected chi connectivity index (χ3v) is 3.52. The van der Waals surface area contributed by atoms with Gasteiger partial charge in [-0.15, -0.1) is 5.10 Å². The largest absolute Gasteiger partial charge is 0.430 e. The first-order chi connectivity index (χ1) is 8.60. The van der Waals surface area contributed by atoms with E-state index in [1.54, 1.807) is 0 Å². The summed E-state index contributed by atoms with van der Waals surface area (Å²) in [7, 11) is 0. The maximum Gasteiger partial charge on any atom is 0.299 e. The molecule has 96 valence electrons. The standard InChI is InChI=1S/C13H17N3OS/c1-8(2)10-5-4-9(3)11(6-10)17-13-16-15-12(7-14)18-13/h4-6,8H,7,14H2,1-3H3. The van der Waals surface area contributed by atoms with Crippen molar-refractivity contribution < 1.29 is 4.74 Å². The van der Waals surface area contributed by atoms with Crippen LogP contribution in [0.3, 0.4) is 0 Å². The minimum absolute atomic E-state index is 0.395. The van der Waals surface area contributed by atoms with Gasteiger partial charge in [-0.3, -0.25) is 0 Å². The molecule has 1 heterocycles. The predicted octanol–water partition coefficient (Wildman–Crippen LogP) is 3.22. The summed E-state index contributed by atoms with van der Waals surface area (Å²) in [5.41, 5.74) is 7.84. The number of ether oxygens (including phenoxy) is 1. The van der Waals surface area contributed by atoms with Crippen LogP contribution in [-0.2, 0) is 6.54 Å². The molecule has 0 radical (unpaired) electrons. The Hall–Kier alpha value is -1.46. The van der Waals surface area contributed by atoms with E-state index in [1.807, 2.05) is 6.92 Å². The first kappa shape index (κ1) is 13.0. The average molecular weight is 263 g/mol. The van der Waals surface area contributed by atoms with Gasteiger partial charge in [-0.05, 0) is 30.0 Å². The lowest BCUT2D eigenvalue weighted by Crippen LogP contribution is -1.94. The van der Waals surface area contributed by atoms with E-state index in [4.69, 9.17) is 10.5 Å². The van der Waals surface area contributed by atoms with Crippen molar-refractivity contribution in [1.29, 1.82) is 0 Å². The van der Waals surface area contributed by atoms with E-state index in [9.17, 15) is 0 Å². The van der Waals surface area contributed by atoms with Crippen molar-refractivity contribution in [3.8, 4) is 10.9 Å². The van der Waals surface area contributed by atoms with Gasteiger partial charge < -0.3 is 10.5 Å². The van der Waals surface area contributed by atoms with E-state index in [-0.39, 0.29) is 0 Å². The van der Waals surface area contributed by atoms with Crippen LogP contribution in [0.25, 0.3) is 0 Å². The Kier molecular flexibility index (Phi) is 3.93. The zero-order chi connectivity index (χ0) is 13.1. The fourth-order valence-electron chi connectivity index (χ4n) is 1.54. The molecule has 2 aromatic rings. The van der Waals surface area contributed by atoms with Crippen molar-refractivity contribution in [1.82, 2.24) is 10.2 Å². The normalized spacial score (nSPS) is 10.9. The molecular formula is C13H17N3OS. The summed E-state index contributed by atoms with van der Waals surface area (Å²) >= 11 is 1.38. The Labute approximate surface area is 111 Å². The highest BCUT2D eigenvalue weighted by Gasteiger charge is 2.09. The predicted molar refractivity (Wildman–Crippen MR) is 73.1 cm³/mol. The Balaban J connectivity index is 2.24. The fourth-order valence-corrected chi connectivity index (χ4v) is 2.12. The summed E-state index contributed by atoms with van der Waals surface area (Å²) < 4.78 is 5.77. The number of nitrogens with two attached hydrogens (primary N) is 1. The van der Waals surface area contributed by atoms with Gasteiger partial charge in [0.2, 0.25) is 0 Å². The molecule has 0 bridgehead atoms. The van der Waals surface area contributed by atoms with Crippen LogP contribution in [0.1, 0.15) is 35.9 Å². The van der Waals surface area contributed by atoms with Crippen LogP contribution in [0.15, 0.2) is 18.2 Å². The monoisotopic (exact) mass is 263 g/mol. The van der Waals surface area contributed by atoms with Crippen molar-refractivity contribution >= 4 is 11.3 Å². The first-order valence-electron chi connectivity index (χ1n) is 5.91. The molecule has 0 aliphatic heterocycles. The molecule has 0 aliphatic rings. The molecule has 2 rings (SSSR count). The topological polar surface area (TPSA) is 61.0 Å². The van der Waals surface area contributed by atoms with E-state index >= 15 is 0 Å². The van der Waals surface area contributed by atoms with Gasteiger partial charge in [0.05, 0.1) is 0 Å². The molecule has 1 aromatic carbocycles. The summed E-state index contributed by atoms with van der Waals surface area (Å²) in [6.07, 6.45) is 0. The van der Waals surface area contributed by atoms with Crippen LogP contribution in [0.4, 0.5) is 0 Å². The molecular weight excluding hydrogens is 246 g/mol. The molecule has 0 unspecified atom stereocenters. The zero-order valence-corrected chi connectivity index (χ0v) is 11.6. The van der Waals surface area contributed by atoms with Crippen LogP contribution >= 0.6 is 11.3 Å². The van der Waals surface area contributed by atoms with Crippen molar-refractivity contribution in [2.45, 2.75) is 33.2 Å². The van der Waals surface area contributed by atoms with Gasteiger partial charge in [0, 0.05) is 6.54 Å². The summed E-state index contributed by atoms with van der Waals surface area (Å²) in [6.45, 7) is 6.73. The summed E-state index contributed by atoms with van der Waals surface area (Å²) in [6, 6.07) is 6.25. The third-order valence-electron chi connectivity index (χ3n) is 2.70. The lowest BCUT2D eigenvalue weighted by molar-refractivity contribution is 0.468. The molecule has 0 saturated heterocycles. The molecule has 0 amide bonds.